The Hall–Kier alpha value is -1.52. The molecule has 1 atom stereocenters. The monoisotopic (exact) mass is 251 g/mol. The van der Waals surface area contributed by atoms with Crippen LogP contribution in [-0.4, -0.2) is 16.2 Å². The maximum Gasteiger partial charge on any atom is 0.128 e. The van der Waals surface area contributed by atoms with Crippen molar-refractivity contribution < 1.29 is 4.74 Å². The third-order valence-corrected chi connectivity index (χ3v) is 2.65. The lowest BCUT2D eigenvalue weighted by Crippen LogP contribution is -2.22. The molecule has 1 unspecified atom stereocenters. The van der Waals surface area contributed by atoms with Gasteiger partial charge in [0.2, 0.25) is 0 Å². The van der Waals surface area contributed by atoms with Crippen molar-refractivity contribution in [1.82, 2.24) is 9.55 Å². The largest absolute Gasteiger partial charge is 0.491 e. The van der Waals surface area contributed by atoms with Crippen molar-refractivity contribution in [3.63, 3.8) is 0 Å². The van der Waals surface area contributed by atoms with Gasteiger partial charge in [-0.3, -0.25) is 0 Å². The number of aromatic nitrogens is 2. The Bertz CT molecular complexity index is 498. The quantitative estimate of drug-likeness (QED) is 0.906. The molecule has 2 N–H and O–H groups in total. The minimum absolute atomic E-state index is 0.256. The minimum atomic E-state index is -0.256. The molecule has 0 bridgehead atoms. The summed E-state index contributed by atoms with van der Waals surface area (Å²) >= 11 is 5.86. The van der Waals surface area contributed by atoms with Crippen LogP contribution in [0.4, 0.5) is 0 Å². The first-order valence-corrected chi connectivity index (χ1v) is 5.66. The lowest BCUT2D eigenvalue weighted by Gasteiger charge is -2.13. The van der Waals surface area contributed by atoms with Gasteiger partial charge in [-0.05, 0) is 18.2 Å². The number of hydrogen-bond donors (Lipinski definition) is 1. The van der Waals surface area contributed by atoms with Crippen LogP contribution < -0.4 is 10.5 Å². The molecule has 0 aliphatic carbocycles. The van der Waals surface area contributed by atoms with Gasteiger partial charge in [0.15, 0.2) is 0 Å². The van der Waals surface area contributed by atoms with Crippen molar-refractivity contribution in [2.24, 2.45) is 12.8 Å². The molecule has 2 aromatic rings. The van der Waals surface area contributed by atoms with Crippen LogP contribution in [-0.2, 0) is 7.05 Å². The molecule has 1 heterocycles. The summed E-state index contributed by atoms with van der Waals surface area (Å²) in [5, 5.41) is 0.646. The van der Waals surface area contributed by atoms with Crippen LogP contribution >= 0.6 is 11.6 Å². The van der Waals surface area contributed by atoms with Gasteiger partial charge in [-0.2, -0.15) is 0 Å². The second kappa shape index (κ2) is 5.21. The summed E-state index contributed by atoms with van der Waals surface area (Å²) in [6.45, 7) is 0.366. The Morgan fingerprint density at radius 1 is 1.53 bits per heavy atom. The molecule has 0 aliphatic heterocycles. The predicted octanol–water partition coefficient (Wildman–Crippen LogP) is 2.15. The number of rotatable bonds is 4. The van der Waals surface area contributed by atoms with E-state index in [9.17, 15) is 0 Å². The highest BCUT2D eigenvalue weighted by Gasteiger charge is 2.11. The van der Waals surface area contributed by atoms with Gasteiger partial charge in [0, 0.05) is 24.5 Å². The highest BCUT2D eigenvalue weighted by Crippen LogP contribution is 2.18. The highest BCUT2D eigenvalue weighted by atomic mass is 35.5. The molecule has 2 rings (SSSR count). The zero-order chi connectivity index (χ0) is 12.3. The smallest absolute Gasteiger partial charge is 0.128 e. The molecule has 1 aromatic heterocycles. The molecule has 5 heteroatoms. The Kier molecular flexibility index (Phi) is 3.66. The lowest BCUT2D eigenvalue weighted by molar-refractivity contribution is 0.284. The Morgan fingerprint density at radius 2 is 2.35 bits per heavy atom. The third kappa shape index (κ3) is 2.99. The highest BCUT2D eigenvalue weighted by molar-refractivity contribution is 6.30. The standard InChI is InChI=1S/C12H14ClN3O/c1-16-6-5-15-12(16)11(14)8-17-10-4-2-3-9(13)7-10/h2-7,11H,8,14H2,1H3. The van der Waals surface area contributed by atoms with Gasteiger partial charge in [-0.1, -0.05) is 17.7 Å². The van der Waals surface area contributed by atoms with Gasteiger partial charge in [0.05, 0.1) is 6.04 Å². The van der Waals surface area contributed by atoms with E-state index in [1.807, 2.05) is 29.9 Å². The van der Waals surface area contributed by atoms with E-state index in [1.54, 1.807) is 18.3 Å². The Balaban J connectivity index is 1.97. The van der Waals surface area contributed by atoms with E-state index in [0.717, 1.165) is 5.82 Å². The molecular formula is C12H14ClN3O. The number of hydrogen-bond acceptors (Lipinski definition) is 3. The molecule has 0 amide bonds. The van der Waals surface area contributed by atoms with Crippen molar-refractivity contribution >= 4 is 11.6 Å². The second-order valence-electron chi connectivity index (χ2n) is 3.77. The summed E-state index contributed by atoms with van der Waals surface area (Å²) in [6.07, 6.45) is 3.57. The van der Waals surface area contributed by atoms with Gasteiger partial charge < -0.3 is 15.0 Å². The van der Waals surface area contributed by atoms with Crippen molar-refractivity contribution in [3.05, 3.63) is 47.5 Å². The van der Waals surface area contributed by atoms with Crippen LogP contribution in [0.3, 0.4) is 0 Å². The Morgan fingerprint density at radius 3 is 3.00 bits per heavy atom. The van der Waals surface area contributed by atoms with Crippen molar-refractivity contribution in [2.45, 2.75) is 6.04 Å². The van der Waals surface area contributed by atoms with Gasteiger partial charge in [0.25, 0.3) is 0 Å². The molecule has 0 fully saturated rings. The molecule has 17 heavy (non-hydrogen) atoms. The van der Waals surface area contributed by atoms with Crippen LogP contribution in [0.5, 0.6) is 5.75 Å². The molecule has 0 aliphatic rings. The Labute approximate surface area is 105 Å². The number of nitrogens with zero attached hydrogens (tertiary/aromatic N) is 2. The summed E-state index contributed by atoms with van der Waals surface area (Å²) in [5.74, 6) is 1.51. The van der Waals surface area contributed by atoms with Crippen LogP contribution in [0.2, 0.25) is 5.02 Å². The van der Waals surface area contributed by atoms with Crippen LogP contribution in [0.1, 0.15) is 11.9 Å². The van der Waals surface area contributed by atoms with Crippen LogP contribution in [0, 0.1) is 0 Å². The van der Waals surface area contributed by atoms with E-state index in [2.05, 4.69) is 4.98 Å². The SMILES string of the molecule is Cn1ccnc1C(N)COc1cccc(Cl)c1. The molecular weight excluding hydrogens is 238 g/mol. The summed E-state index contributed by atoms with van der Waals surface area (Å²) in [4.78, 5) is 4.18. The lowest BCUT2D eigenvalue weighted by atomic mass is 10.3. The van der Waals surface area contributed by atoms with Crippen LogP contribution in [0.15, 0.2) is 36.7 Å². The average molecular weight is 252 g/mol. The fraction of sp³-hybridized carbons (Fsp3) is 0.250. The van der Waals surface area contributed by atoms with E-state index in [0.29, 0.717) is 17.4 Å². The number of benzene rings is 1. The second-order valence-corrected chi connectivity index (χ2v) is 4.21. The average Bonchev–Trinajstić information content (AvgIpc) is 2.72. The molecule has 90 valence electrons. The fourth-order valence-corrected chi connectivity index (χ4v) is 1.73. The van der Waals surface area contributed by atoms with E-state index in [4.69, 9.17) is 22.1 Å². The first kappa shape index (κ1) is 12.0. The zero-order valence-corrected chi connectivity index (χ0v) is 10.3. The van der Waals surface area contributed by atoms with E-state index >= 15 is 0 Å². The maximum absolute atomic E-state index is 5.98. The van der Waals surface area contributed by atoms with Crippen molar-refractivity contribution in [3.8, 4) is 5.75 Å². The molecule has 1 aromatic carbocycles. The number of ether oxygens (including phenoxy) is 1. The van der Waals surface area contributed by atoms with E-state index in [-0.39, 0.29) is 6.04 Å². The van der Waals surface area contributed by atoms with E-state index < -0.39 is 0 Å². The molecule has 0 radical (unpaired) electrons. The third-order valence-electron chi connectivity index (χ3n) is 2.42. The molecule has 0 saturated carbocycles. The topological polar surface area (TPSA) is 53.1 Å². The number of halogens is 1. The number of aryl methyl sites for hydroxylation is 1. The van der Waals surface area contributed by atoms with E-state index in [1.165, 1.54) is 0 Å². The zero-order valence-electron chi connectivity index (χ0n) is 9.51. The predicted molar refractivity (Wildman–Crippen MR) is 67.1 cm³/mol. The minimum Gasteiger partial charge on any atom is -0.491 e. The van der Waals surface area contributed by atoms with Gasteiger partial charge in [-0.25, -0.2) is 4.98 Å². The summed E-state index contributed by atoms with van der Waals surface area (Å²) in [7, 11) is 1.90. The summed E-state index contributed by atoms with van der Waals surface area (Å²) in [5.41, 5.74) is 5.98. The van der Waals surface area contributed by atoms with Crippen LogP contribution in [0.25, 0.3) is 0 Å². The maximum atomic E-state index is 5.98. The summed E-state index contributed by atoms with van der Waals surface area (Å²) in [6, 6.07) is 6.98. The molecule has 0 saturated heterocycles. The summed E-state index contributed by atoms with van der Waals surface area (Å²) < 4.78 is 7.45. The first-order chi connectivity index (χ1) is 8.16. The normalized spacial score (nSPS) is 12.4. The number of imidazole rings is 1. The fourth-order valence-electron chi connectivity index (χ4n) is 1.55. The van der Waals surface area contributed by atoms with Gasteiger partial charge >= 0.3 is 0 Å². The van der Waals surface area contributed by atoms with Gasteiger partial charge in [-0.15, -0.1) is 0 Å². The first-order valence-electron chi connectivity index (χ1n) is 5.28. The molecule has 4 nitrogen and oxygen atoms in total. The van der Waals surface area contributed by atoms with Crippen molar-refractivity contribution in [1.29, 1.82) is 0 Å². The van der Waals surface area contributed by atoms with Crippen molar-refractivity contribution in [2.75, 3.05) is 6.61 Å². The number of nitrogens with two attached hydrogens (primary N) is 1. The van der Waals surface area contributed by atoms with Gasteiger partial charge in [0.1, 0.15) is 18.2 Å². The molecule has 0 spiro atoms.